The lowest BCUT2D eigenvalue weighted by atomic mass is 10.0. The molecule has 1 amide bonds. The average molecular weight is 370 g/mol. The predicted molar refractivity (Wildman–Crippen MR) is 105 cm³/mol. The van der Waals surface area contributed by atoms with Gasteiger partial charge in [0.25, 0.3) is 0 Å². The van der Waals surface area contributed by atoms with E-state index in [2.05, 4.69) is 10.6 Å². The fraction of sp³-hybridized carbons (Fsp3) is 0.333. The largest absolute Gasteiger partial charge is 0.492 e. The number of ether oxygens (including phenoxy) is 1. The summed E-state index contributed by atoms with van der Waals surface area (Å²) < 4.78 is 5.55. The Labute approximate surface area is 159 Å². The van der Waals surface area contributed by atoms with Crippen LogP contribution in [0.4, 0.5) is 5.69 Å². The van der Waals surface area contributed by atoms with E-state index in [1.807, 2.05) is 38.1 Å². The maximum atomic E-state index is 13.0. The van der Waals surface area contributed by atoms with E-state index in [0.717, 1.165) is 0 Å². The summed E-state index contributed by atoms with van der Waals surface area (Å²) in [4.78, 5) is 24.6. The molecule has 0 heterocycles. The highest BCUT2D eigenvalue weighted by Gasteiger charge is 2.27. The van der Waals surface area contributed by atoms with Gasteiger partial charge in [0.05, 0.1) is 12.3 Å². The number of aliphatic carboxylic acids is 1. The predicted octanol–water partition coefficient (Wildman–Crippen LogP) is 3.61. The van der Waals surface area contributed by atoms with E-state index in [4.69, 9.17) is 4.74 Å². The second-order valence-corrected chi connectivity index (χ2v) is 6.11. The summed E-state index contributed by atoms with van der Waals surface area (Å²) in [7, 11) is 0. The molecule has 6 heteroatoms. The van der Waals surface area contributed by atoms with E-state index in [-0.39, 0.29) is 5.91 Å². The molecule has 0 saturated carbocycles. The molecule has 6 nitrogen and oxygen atoms in total. The molecule has 0 radical (unpaired) electrons. The first-order chi connectivity index (χ1) is 13.1. The van der Waals surface area contributed by atoms with Crippen molar-refractivity contribution in [2.75, 3.05) is 11.9 Å². The minimum absolute atomic E-state index is 0.337. The zero-order valence-corrected chi connectivity index (χ0v) is 15.6. The van der Waals surface area contributed by atoms with Gasteiger partial charge >= 0.3 is 5.97 Å². The minimum Gasteiger partial charge on any atom is -0.492 e. The van der Waals surface area contributed by atoms with Crippen molar-refractivity contribution in [1.29, 1.82) is 0 Å². The van der Waals surface area contributed by atoms with Crippen molar-refractivity contribution in [2.45, 2.75) is 38.8 Å². The van der Waals surface area contributed by atoms with Crippen molar-refractivity contribution in [1.82, 2.24) is 5.32 Å². The number of benzene rings is 2. The molecule has 2 rings (SSSR count). The lowest BCUT2D eigenvalue weighted by molar-refractivity contribution is -0.140. The van der Waals surface area contributed by atoms with E-state index in [1.54, 1.807) is 30.3 Å². The summed E-state index contributed by atoms with van der Waals surface area (Å²) in [5, 5.41) is 15.3. The van der Waals surface area contributed by atoms with Crippen LogP contribution in [0.15, 0.2) is 54.6 Å². The van der Waals surface area contributed by atoms with Crippen molar-refractivity contribution in [3.05, 3.63) is 60.2 Å². The Balaban J connectivity index is 2.27. The van der Waals surface area contributed by atoms with Crippen LogP contribution in [0.5, 0.6) is 5.75 Å². The standard InChI is InChI=1S/C21H26N2O4/c1-3-10-17(21(25)26)22-19(15-11-6-5-7-12-15)20(24)23-16-13-8-9-14-18(16)27-4-2/h5-9,11-14,17,19,22H,3-4,10H2,1-2H3,(H,23,24)(H,25,26). The van der Waals surface area contributed by atoms with Crippen LogP contribution in [0.3, 0.4) is 0 Å². The maximum Gasteiger partial charge on any atom is 0.320 e. The number of anilines is 1. The molecule has 2 atom stereocenters. The Morgan fingerprint density at radius 3 is 2.33 bits per heavy atom. The van der Waals surface area contributed by atoms with Gasteiger partial charge in [0, 0.05) is 0 Å². The fourth-order valence-corrected chi connectivity index (χ4v) is 2.79. The zero-order valence-electron chi connectivity index (χ0n) is 15.6. The smallest absolute Gasteiger partial charge is 0.320 e. The van der Waals surface area contributed by atoms with Crippen LogP contribution >= 0.6 is 0 Å². The number of hydrogen-bond acceptors (Lipinski definition) is 4. The molecular formula is C21H26N2O4. The van der Waals surface area contributed by atoms with E-state index in [9.17, 15) is 14.7 Å². The minimum atomic E-state index is -0.972. The van der Waals surface area contributed by atoms with Crippen LogP contribution in [0.25, 0.3) is 0 Å². The number of carbonyl (C=O) groups excluding carboxylic acids is 1. The third-order valence-electron chi connectivity index (χ3n) is 4.08. The fourth-order valence-electron chi connectivity index (χ4n) is 2.79. The monoisotopic (exact) mass is 370 g/mol. The van der Waals surface area contributed by atoms with Gasteiger partial charge in [0.2, 0.25) is 5.91 Å². The number of rotatable bonds is 10. The molecule has 2 unspecified atom stereocenters. The summed E-state index contributed by atoms with van der Waals surface area (Å²) in [6, 6.07) is 14.7. The molecule has 2 aromatic carbocycles. The SMILES string of the molecule is CCCC(NC(C(=O)Nc1ccccc1OCC)c1ccccc1)C(=O)O. The molecule has 2 aromatic rings. The van der Waals surface area contributed by atoms with Gasteiger partial charge in [-0.3, -0.25) is 14.9 Å². The zero-order chi connectivity index (χ0) is 19.6. The van der Waals surface area contributed by atoms with Crippen LogP contribution in [0.1, 0.15) is 38.3 Å². The molecule has 0 aliphatic carbocycles. The van der Waals surface area contributed by atoms with Crippen molar-refractivity contribution in [2.24, 2.45) is 0 Å². The topological polar surface area (TPSA) is 87.7 Å². The number of carboxylic acid groups (broad SMARTS) is 1. The second kappa shape index (κ2) is 10.3. The van der Waals surface area contributed by atoms with Crippen molar-refractivity contribution >= 4 is 17.6 Å². The van der Waals surface area contributed by atoms with Gasteiger partial charge in [0.1, 0.15) is 17.8 Å². The lowest BCUT2D eigenvalue weighted by Crippen LogP contribution is -2.43. The molecule has 0 fully saturated rings. The number of carbonyl (C=O) groups is 2. The molecule has 0 spiro atoms. The molecule has 0 aliphatic rings. The molecule has 144 valence electrons. The lowest BCUT2D eigenvalue weighted by Gasteiger charge is -2.23. The van der Waals surface area contributed by atoms with Gasteiger partial charge in [-0.15, -0.1) is 0 Å². The maximum absolute atomic E-state index is 13.0. The van der Waals surface area contributed by atoms with Gasteiger partial charge in [-0.2, -0.15) is 0 Å². The molecular weight excluding hydrogens is 344 g/mol. The first-order valence-electron chi connectivity index (χ1n) is 9.13. The summed E-state index contributed by atoms with van der Waals surface area (Å²) in [5.41, 5.74) is 1.25. The van der Waals surface area contributed by atoms with Gasteiger partial charge in [-0.1, -0.05) is 55.8 Å². The van der Waals surface area contributed by atoms with Crippen molar-refractivity contribution < 1.29 is 19.4 Å². The van der Waals surface area contributed by atoms with Gasteiger partial charge in [-0.05, 0) is 31.0 Å². The van der Waals surface area contributed by atoms with Gasteiger partial charge in [-0.25, -0.2) is 0 Å². The van der Waals surface area contributed by atoms with E-state index in [1.165, 1.54) is 0 Å². The van der Waals surface area contributed by atoms with Crippen LogP contribution in [-0.4, -0.2) is 29.6 Å². The Kier molecular flexibility index (Phi) is 7.82. The summed E-state index contributed by atoms with van der Waals surface area (Å²) in [6.45, 7) is 4.26. The van der Waals surface area contributed by atoms with Crippen LogP contribution < -0.4 is 15.4 Å². The normalized spacial score (nSPS) is 12.8. The third-order valence-corrected chi connectivity index (χ3v) is 4.08. The van der Waals surface area contributed by atoms with Gasteiger partial charge in [0.15, 0.2) is 0 Å². The van der Waals surface area contributed by atoms with Crippen LogP contribution in [0.2, 0.25) is 0 Å². The number of carboxylic acids is 1. The molecule has 0 bridgehead atoms. The molecule has 0 saturated heterocycles. The first-order valence-corrected chi connectivity index (χ1v) is 9.13. The molecule has 0 aromatic heterocycles. The van der Waals surface area contributed by atoms with Crippen LogP contribution in [-0.2, 0) is 9.59 Å². The molecule has 3 N–H and O–H groups in total. The van der Waals surface area contributed by atoms with E-state index >= 15 is 0 Å². The van der Waals surface area contributed by atoms with Crippen molar-refractivity contribution in [3.8, 4) is 5.75 Å². The highest BCUT2D eigenvalue weighted by Crippen LogP contribution is 2.25. The number of nitrogens with one attached hydrogen (secondary N) is 2. The number of amides is 1. The number of hydrogen-bond donors (Lipinski definition) is 3. The Morgan fingerprint density at radius 1 is 1.04 bits per heavy atom. The molecule has 27 heavy (non-hydrogen) atoms. The summed E-state index contributed by atoms with van der Waals surface area (Å²) >= 11 is 0. The summed E-state index contributed by atoms with van der Waals surface area (Å²) in [5.74, 6) is -0.737. The number of para-hydroxylation sites is 2. The van der Waals surface area contributed by atoms with Crippen LogP contribution in [0, 0.1) is 0 Å². The third kappa shape index (κ3) is 5.82. The average Bonchev–Trinajstić information content (AvgIpc) is 2.67. The Morgan fingerprint density at radius 2 is 1.70 bits per heavy atom. The van der Waals surface area contributed by atoms with E-state index < -0.39 is 18.1 Å². The first kappa shape index (κ1) is 20.5. The quantitative estimate of drug-likeness (QED) is 0.595. The van der Waals surface area contributed by atoms with Gasteiger partial charge < -0.3 is 15.2 Å². The second-order valence-electron chi connectivity index (χ2n) is 6.11. The van der Waals surface area contributed by atoms with E-state index in [0.29, 0.717) is 36.4 Å². The summed E-state index contributed by atoms with van der Waals surface area (Å²) in [6.07, 6.45) is 1.13. The molecule has 0 aliphatic heterocycles. The Bertz CT molecular complexity index is 749. The highest BCUT2D eigenvalue weighted by atomic mass is 16.5. The highest BCUT2D eigenvalue weighted by molar-refractivity contribution is 5.97. The Hall–Kier alpha value is -2.86. The van der Waals surface area contributed by atoms with Crippen molar-refractivity contribution in [3.63, 3.8) is 0 Å².